The Kier molecular flexibility index (Phi) is 3.84. The molecule has 1 aliphatic heterocycles. The zero-order valence-electron chi connectivity index (χ0n) is 11.0. The molecule has 1 unspecified atom stereocenters. The Morgan fingerprint density at radius 2 is 2.39 bits per heavy atom. The van der Waals surface area contributed by atoms with Gasteiger partial charge in [-0.15, -0.1) is 0 Å². The number of aryl methyl sites for hydroxylation is 1. The van der Waals surface area contributed by atoms with Gasteiger partial charge in [0.1, 0.15) is 11.4 Å². The number of rotatable bonds is 4. The summed E-state index contributed by atoms with van der Waals surface area (Å²) in [4.78, 5) is 17.7. The van der Waals surface area contributed by atoms with Crippen LogP contribution in [-0.2, 0) is 0 Å². The van der Waals surface area contributed by atoms with E-state index in [9.17, 15) is 9.90 Å². The van der Waals surface area contributed by atoms with E-state index >= 15 is 0 Å². The molecule has 2 rings (SSSR count). The van der Waals surface area contributed by atoms with E-state index in [1.54, 1.807) is 12.3 Å². The van der Waals surface area contributed by atoms with Crippen molar-refractivity contribution in [3.8, 4) is 0 Å². The standard InChI is InChI=1S/C14H20N2O2/c1-3-4-11-6-8-16(9-11)13-12(14(17)18)10(2)5-7-15-13/h5,7,11H,3-4,6,8-9H2,1-2H3,(H,17,18). The van der Waals surface area contributed by atoms with Crippen molar-refractivity contribution in [2.45, 2.75) is 33.1 Å². The molecule has 1 aromatic heterocycles. The van der Waals surface area contributed by atoms with E-state index in [1.165, 1.54) is 12.8 Å². The zero-order chi connectivity index (χ0) is 13.1. The monoisotopic (exact) mass is 248 g/mol. The topological polar surface area (TPSA) is 53.4 Å². The van der Waals surface area contributed by atoms with Crippen LogP contribution in [0.15, 0.2) is 12.3 Å². The van der Waals surface area contributed by atoms with Crippen LogP contribution in [0.2, 0.25) is 0 Å². The van der Waals surface area contributed by atoms with Crippen LogP contribution in [-0.4, -0.2) is 29.1 Å². The van der Waals surface area contributed by atoms with E-state index in [0.29, 0.717) is 17.3 Å². The molecule has 1 N–H and O–H groups in total. The van der Waals surface area contributed by atoms with Gasteiger partial charge in [-0.3, -0.25) is 0 Å². The van der Waals surface area contributed by atoms with E-state index < -0.39 is 5.97 Å². The highest BCUT2D eigenvalue weighted by atomic mass is 16.4. The summed E-state index contributed by atoms with van der Waals surface area (Å²) in [5.74, 6) is 0.439. The first-order valence-electron chi connectivity index (χ1n) is 6.57. The van der Waals surface area contributed by atoms with Gasteiger partial charge in [0.15, 0.2) is 0 Å². The highest BCUT2D eigenvalue weighted by molar-refractivity contribution is 5.95. The molecule has 0 aromatic carbocycles. The summed E-state index contributed by atoms with van der Waals surface area (Å²) < 4.78 is 0. The lowest BCUT2D eigenvalue weighted by atomic mass is 10.0. The maximum Gasteiger partial charge on any atom is 0.339 e. The first-order chi connectivity index (χ1) is 8.63. The molecular weight excluding hydrogens is 228 g/mol. The number of carboxylic acid groups (broad SMARTS) is 1. The lowest BCUT2D eigenvalue weighted by Gasteiger charge is -2.20. The van der Waals surface area contributed by atoms with Crippen LogP contribution in [0.4, 0.5) is 5.82 Å². The molecule has 1 aromatic rings. The van der Waals surface area contributed by atoms with Gasteiger partial charge < -0.3 is 10.0 Å². The molecule has 98 valence electrons. The average molecular weight is 248 g/mol. The number of hydrogen-bond donors (Lipinski definition) is 1. The molecule has 0 amide bonds. The molecule has 4 heteroatoms. The van der Waals surface area contributed by atoms with Crippen LogP contribution >= 0.6 is 0 Å². The van der Waals surface area contributed by atoms with Crippen molar-refractivity contribution in [2.75, 3.05) is 18.0 Å². The molecule has 0 bridgehead atoms. The van der Waals surface area contributed by atoms with E-state index in [2.05, 4.69) is 16.8 Å². The summed E-state index contributed by atoms with van der Waals surface area (Å²) in [6.45, 7) is 5.87. The van der Waals surface area contributed by atoms with Crippen molar-refractivity contribution in [1.29, 1.82) is 0 Å². The Labute approximate surface area is 108 Å². The van der Waals surface area contributed by atoms with Crippen molar-refractivity contribution in [2.24, 2.45) is 5.92 Å². The molecule has 0 aliphatic carbocycles. The lowest BCUT2D eigenvalue weighted by Crippen LogP contribution is -2.24. The van der Waals surface area contributed by atoms with Gasteiger partial charge in [0.05, 0.1) is 0 Å². The normalized spacial score (nSPS) is 19.2. The van der Waals surface area contributed by atoms with E-state index in [4.69, 9.17) is 0 Å². The number of pyridine rings is 1. The van der Waals surface area contributed by atoms with Crippen LogP contribution in [0.5, 0.6) is 0 Å². The van der Waals surface area contributed by atoms with Crippen LogP contribution in [0, 0.1) is 12.8 Å². The first kappa shape index (κ1) is 12.9. The molecule has 0 spiro atoms. The fraction of sp³-hybridized carbons (Fsp3) is 0.571. The van der Waals surface area contributed by atoms with Gasteiger partial charge in [0.2, 0.25) is 0 Å². The largest absolute Gasteiger partial charge is 0.478 e. The number of aromatic nitrogens is 1. The molecule has 4 nitrogen and oxygen atoms in total. The van der Waals surface area contributed by atoms with E-state index in [-0.39, 0.29) is 0 Å². The first-order valence-corrected chi connectivity index (χ1v) is 6.57. The lowest BCUT2D eigenvalue weighted by molar-refractivity contribution is 0.0696. The molecule has 1 aliphatic rings. The van der Waals surface area contributed by atoms with E-state index in [1.807, 2.05) is 6.92 Å². The summed E-state index contributed by atoms with van der Waals surface area (Å²) in [6.07, 6.45) is 5.24. The Bertz CT molecular complexity index is 445. The van der Waals surface area contributed by atoms with Crippen molar-refractivity contribution in [3.63, 3.8) is 0 Å². The third-order valence-electron chi connectivity index (χ3n) is 3.64. The summed E-state index contributed by atoms with van der Waals surface area (Å²) in [7, 11) is 0. The molecular formula is C14H20N2O2. The Morgan fingerprint density at radius 1 is 1.61 bits per heavy atom. The summed E-state index contributed by atoms with van der Waals surface area (Å²) in [5, 5.41) is 9.31. The van der Waals surface area contributed by atoms with Crippen molar-refractivity contribution in [3.05, 3.63) is 23.4 Å². The fourth-order valence-corrected chi connectivity index (χ4v) is 2.72. The molecule has 0 saturated carbocycles. The SMILES string of the molecule is CCCC1CCN(c2nccc(C)c2C(=O)O)C1. The van der Waals surface area contributed by atoms with Crippen molar-refractivity contribution < 1.29 is 9.90 Å². The van der Waals surface area contributed by atoms with Gasteiger partial charge in [0, 0.05) is 19.3 Å². The van der Waals surface area contributed by atoms with Gasteiger partial charge in [0.25, 0.3) is 0 Å². The molecule has 1 fully saturated rings. The number of anilines is 1. The van der Waals surface area contributed by atoms with Crippen LogP contribution in [0.3, 0.4) is 0 Å². The minimum Gasteiger partial charge on any atom is -0.478 e. The summed E-state index contributed by atoms with van der Waals surface area (Å²) >= 11 is 0. The maximum atomic E-state index is 11.3. The zero-order valence-corrected chi connectivity index (χ0v) is 11.0. The number of nitrogens with zero attached hydrogens (tertiary/aromatic N) is 2. The quantitative estimate of drug-likeness (QED) is 0.890. The number of carbonyl (C=O) groups is 1. The highest BCUT2D eigenvalue weighted by Gasteiger charge is 2.26. The number of aromatic carboxylic acids is 1. The second-order valence-electron chi connectivity index (χ2n) is 5.02. The van der Waals surface area contributed by atoms with Crippen LogP contribution in [0.25, 0.3) is 0 Å². The third kappa shape index (κ3) is 2.47. The molecule has 2 heterocycles. The predicted octanol–water partition coefficient (Wildman–Crippen LogP) is 2.71. The average Bonchev–Trinajstić information content (AvgIpc) is 2.77. The number of carboxylic acids is 1. The van der Waals surface area contributed by atoms with Gasteiger partial charge in [-0.25, -0.2) is 9.78 Å². The summed E-state index contributed by atoms with van der Waals surface area (Å²) in [6, 6.07) is 1.76. The Balaban J connectivity index is 2.24. The Morgan fingerprint density at radius 3 is 3.06 bits per heavy atom. The second kappa shape index (κ2) is 5.38. The highest BCUT2D eigenvalue weighted by Crippen LogP contribution is 2.28. The molecule has 1 saturated heterocycles. The van der Waals surface area contributed by atoms with Gasteiger partial charge >= 0.3 is 5.97 Å². The second-order valence-corrected chi connectivity index (χ2v) is 5.02. The molecule has 0 radical (unpaired) electrons. The van der Waals surface area contributed by atoms with Gasteiger partial charge in [-0.05, 0) is 37.3 Å². The predicted molar refractivity (Wildman–Crippen MR) is 71.2 cm³/mol. The maximum absolute atomic E-state index is 11.3. The Hall–Kier alpha value is -1.58. The molecule has 18 heavy (non-hydrogen) atoms. The van der Waals surface area contributed by atoms with Crippen molar-refractivity contribution in [1.82, 2.24) is 4.98 Å². The van der Waals surface area contributed by atoms with Gasteiger partial charge in [-0.2, -0.15) is 0 Å². The summed E-state index contributed by atoms with van der Waals surface area (Å²) in [5.41, 5.74) is 1.14. The smallest absolute Gasteiger partial charge is 0.339 e. The van der Waals surface area contributed by atoms with E-state index in [0.717, 1.165) is 25.1 Å². The third-order valence-corrected chi connectivity index (χ3v) is 3.64. The van der Waals surface area contributed by atoms with Crippen LogP contribution < -0.4 is 4.90 Å². The minimum absolute atomic E-state index is 0.356. The van der Waals surface area contributed by atoms with Gasteiger partial charge in [-0.1, -0.05) is 13.3 Å². The fourth-order valence-electron chi connectivity index (χ4n) is 2.72. The minimum atomic E-state index is -0.880. The van der Waals surface area contributed by atoms with Crippen LogP contribution in [0.1, 0.15) is 42.1 Å². The number of hydrogen-bond acceptors (Lipinski definition) is 3. The molecule has 1 atom stereocenters. The van der Waals surface area contributed by atoms with Crippen molar-refractivity contribution >= 4 is 11.8 Å².